The van der Waals surface area contributed by atoms with Gasteiger partial charge in [0.05, 0.1) is 25.0 Å². The number of methoxy groups -OCH3 is 1. The predicted molar refractivity (Wildman–Crippen MR) is 61.4 cm³/mol. The summed E-state index contributed by atoms with van der Waals surface area (Å²) in [5, 5.41) is 3.57. The van der Waals surface area contributed by atoms with Crippen molar-refractivity contribution in [2.75, 3.05) is 12.9 Å². The van der Waals surface area contributed by atoms with E-state index < -0.39 is 21.7 Å². The fourth-order valence-electron chi connectivity index (χ4n) is 0.959. The van der Waals surface area contributed by atoms with E-state index in [-0.39, 0.29) is 6.42 Å². The van der Waals surface area contributed by atoms with Crippen LogP contribution in [0.2, 0.25) is 0 Å². The molecule has 0 aliphatic heterocycles. The molecule has 0 amide bonds. The van der Waals surface area contributed by atoms with Gasteiger partial charge in [0.15, 0.2) is 0 Å². The molecular formula is C10H12N2O4S. The predicted octanol–water partition coefficient (Wildman–Crippen LogP) is 1.66. The minimum absolute atomic E-state index is 0.230. The number of benzene rings is 1. The smallest absolute Gasteiger partial charge is 0.306 e. The molecule has 1 aromatic carbocycles. The minimum atomic E-state index is -3.73. The largest absolute Gasteiger partial charge is 0.469 e. The maximum Gasteiger partial charge on any atom is 0.306 e. The molecule has 0 radical (unpaired) electrons. The number of nitrogens with zero attached hydrogens (tertiary/aromatic N) is 2. The molecule has 17 heavy (non-hydrogen) atoms. The highest BCUT2D eigenvalue weighted by Gasteiger charge is 2.12. The highest BCUT2D eigenvalue weighted by atomic mass is 32.2. The van der Waals surface area contributed by atoms with Gasteiger partial charge >= 0.3 is 5.97 Å². The number of hydrogen-bond acceptors (Lipinski definition) is 5. The number of sulfonamides is 1. The molecule has 0 bridgehead atoms. The van der Waals surface area contributed by atoms with Crippen LogP contribution in [0, 0.1) is 0 Å². The second-order valence-corrected chi connectivity index (χ2v) is 4.86. The van der Waals surface area contributed by atoms with Crippen molar-refractivity contribution in [1.82, 2.24) is 0 Å². The highest BCUT2D eigenvalue weighted by molar-refractivity contribution is 7.89. The topological polar surface area (TPSA) is 85.2 Å². The van der Waals surface area contributed by atoms with E-state index in [2.05, 4.69) is 14.4 Å². The van der Waals surface area contributed by atoms with E-state index in [1.54, 1.807) is 30.3 Å². The molecule has 0 heterocycles. The van der Waals surface area contributed by atoms with Crippen molar-refractivity contribution < 1.29 is 17.9 Å². The molecular weight excluding hydrogens is 244 g/mol. The molecule has 1 aromatic rings. The van der Waals surface area contributed by atoms with Crippen LogP contribution in [-0.2, 0) is 19.6 Å². The van der Waals surface area contributed by atoms with Gasteiger partial charge in [-0.15, -0.1) is 5.11 Å². The van der Waals surface area contributed by atoms with Gasteiger partial charge in [-0.2, -0.15) is 0 Å². The van der Waals surface area contributed by atoms with Crippen molar-refractivity contribution in [3.05, 3.63) is 30.3 Å². The molecule has 0 unspecified atom stereocenters. The van der Waals surface area contributed by atoms with E-state index in [4.69, 9.17) is 0 Å². The van der Waals surface area contributed by atoms with Crippen LogP contribution >= 0.6 is 0 Å². The molecule has 0 aliphatic rings. The quantitative estimate of drug-likeness (QED) is 0.592. The van der Waals surface area contributed by atoms with Gasteiger partial charge in [-0.25, -0.2) is 8.42 Å². The fourth-order valence-corrected chi connectivity index (χ4v) is 1.68. The van der Waals surface area contributed by atoms with E-state index in [1.807, 2.05) is 0 Å². The fraction of sp³-hybridized carbons (Fsp3) is 0.300. The first-order chi connectivity index (χ1) is 8.03. The van der Waals surface area contributed by atoms with E-state index >= 15 is 0 Å². The van der Waals surface area contributed by atoms with Gasteiger partial charge in [0.25, 0.3) is 10.0 Å². The van der Waals surface area contributed by atoms with E-state index in [9.17, 15) is 13.2 Å². The Morgan fingerprint density at radius 3 is 2.53 bits per heavy atom. The third-order valence-electron chi connectivity index (χ3n) is 1.83. The minimum Gasteiger partial charge on any atom is -0.469 e. The number of carbonyl (C=O) groups is 1. The van der Waals surface area contributed by atoms with Crippen molar-refractivity contribution in [3.63, 3.8) is 0 Å². The maximum atomic E-state index is 11.4. The van der Waals surface area contributed by atoms with Crippen LogP contribution in [-0.4, -0.2) is 27.2 Å². The molecule has 1 rings (SSSR count). The highest BCUT2D eigenvalue weighted by Crippen LogP contribution is 2.12. The first kappa shape index (κ1) is 13.3. The first-order valence-electron chi connectivity index (χ1n) is 4.81. The van der Waals surface area contributed by atoms with Gasteiger partial charge in [0, 0.05) is 0 Å². The molecule has 0 aliphatic carbocycles. The van der Waals surface area contributed by atoms with Gasteiger partial charge in [-0.1, -0.05) is 22.7 Å². The Morgan fingerprint density at radius 1 is 1.29 bits per heavy atom. The lowest BCUT2D eigenvalue weighted by molar-refractivity contribution is -0.140. The normalized spacial score (nSPS) is 11.6. The van der Waals surface area contributed by atoms with E-state index in [0.717, 1.165) is 0 Å². The van der Waals surface area contributed by atoms with E-state index in [0.29, 0.717) is 5.69 Å². The van der Waals surface area contributed by atoms with Crippen LogP contribution < -0.4 is 0 Å². The standard InChI is InChI=1S/C10H12N2O4S/c1-16-10(13)7-8-17(14,15)12-11-9-5-3-2-4-6-9/h2-6H,7-8H2,1H3. The second kappa shape index (κ2) is 6.09. The Hall–Kier alpha value is -1.76. The van der Waals surface area contributed by atoms with Crippen LogP contribution in [0.1, 0.15) is 6.42 Å². The molecule has 0 N–H and O–H groups in total. The molecule has 6 nitrogen and oxygen atoms in total. The third kappa shape index (κ3) is 5.21. The monoisotopic (exact) mass is 256 g/mol. The summed E-state index contributed by atoms with van der Waals surface area (Å²) in [5.41, 5.74) is 0.439. The van der Waals surface area contributed by atoms with Crippen LogP contribution in [0.25, 0.3) is 0 Å². The number of esters is 1. The molecule has 0 fully saturated rings. The van der Waals surface area contributed by atoms with Crippen LogP contribution in [0.4, 0.5) is 5.69 Å². The number of carbonyl (C=O) groups excluding carboxylic acids is 1. The summed E-state index contributed by atoms with van der Waals surface area (Å²) in [5.74, 6) is -1.00. The third-order valence-corrected chi connectivity index (χ3v) is 2.88. The van der Waals surface area contributed by atoms with Crippen molar-refractivity contribution in [1.29, 1.82) is 0 Å². The Morgan fingerprint density at radius 2 is 1.94 bits per heavy atom. The average molecular weight is 256 g/mol. The Kier molecular flexibility index (Phi) is 4.77. The lowest BCUT2D eigenvalue weighted by Crippen LogP contribution is -2.09. The molecule has 7 heteroatoms. The lowest BCUT2D eigenvalue weighted by Gasteiger charge is -1.97. The summed E-state index contributed by atoms with van der Waals surface area (Å²) in [6, 6.07) is 8.47. The van der Waals surface area contributed by atoms with Gasteiger partial charge in [0.1, 0.15) is 0 Å². The Bertz CT molecular complexity index is 496. The first-order valence-corrected chi connectivity index (χ1v) is 6.42. The Labute approximate surface area is 99.4 Å². The summed E-state index contributed by atoms with van der Waals surface area (Å²) in [6.45, 7) is 0. The number of rotatable bonds is 5. The van der Waals surface area contributed by atoms with Crippen molar-refractivity contribution in [2.45, 2.75) is 6.42 Å². The summed E-state index contributed by atoms with van der Waals surface area (Å²) in [6.07, 6.45) is -0.230. The Balaban J connectivity index is 2.61. The van der Waals surface area contributed by atoms with Crippen LogP contribution in [0.5, 0.6) is 0 Å². The number of ether oxygens (including phenoxy) is 1. The van der Waals surface area contributed by atoms with Crippen LogP contribution in [0.3, 0.4) is 0 Å². The average Bonchev–Trinajstić information content (AvgIpc) is 2.35. The summed E-state index contributed by atoms with van der Waals surface area (Å²) >= 11 is 0. The second-order valence-electron chi connectivity index (χ2n) is 3.13. The summed E-state index contributed by atoms with van der Waals surface area (Å²) in [7, 11) is -2.53. The molecule has 0 atom stereocenters. The SMILES string of the molecule is COC(=O)CCS(=O)(=O)N=Nc1ccccc1. The zero-order chi connectivity index (χ0) is 12.7. The molecule has 0 aromatic heterocycles. The summed E-state index contributed by atoms with van der Waals surface area (Å²) in [4.78, 5) is 10.8. The van der Waals surface area contributed by atoms with Crippen molar-refractivity contribution >= 4 is 21.7 Å². The van der Waals surface area contributed by atoms with E-state index in [1.165, 1.54) is 7.11 Å². The maximum absolute atomic E-state index is 11.4. The van der Waals surface area contributed by atoms with Gasteiger partial charge in [-0.3, -0.25) is 4.79 Å². The van der Waals surface area contributed by atoms with Gasteiger partial charge < -0.3 is 4.74 Å². The van der Waals surface area contributed by atoms with Crippen molar-refractivity contribution in [3.8, 4) is 0 Å². The summed E-state index contributed by atoms with van der Waals surface area (Å²) < 4.78 is 30.3. The lowest BCUT2D eigenvalue weighted by atomic mass is 10.3. The molecule has 92 valence electrons. The van der Waals surface area contributed by atoms with Crippen LogP contribution in [0.15, 0.2) is 40.0 Å². The number of hydrogen-bond donors (Lipinski definition) is 0. The van der Waals surface area contributed by atoms with Gasteiger partial charge in [-0.05, 0) is 12.1 Å². The zero-order valence-electron chi connectivity index (χ0n) is 9.24. The van der Waals surface area contributed by atoms with Gasteiger partial charge in [0.2, 0.25) is 0 Å². The van der Waals surface area contributed by atoms with Crippen molar-refractivity contribution in [2.24, 2.45) is 9.63 Å². The zero-order valence-corrected chi connectivity index (χ0v) is 10.1. The molecule has 0 saturated carbocycles. The molecule has 0 saturated heterocycles. The molecule has 0 spiro atoms.